The fourth-order valence-electron chi connectivity index (χ4n) is 3.86. The zero-order chi connectivity index (χ0) is 23.1. The van der Waals surface area contributed by atoms with Gasteiger partial charge in [0, 0.05) is 30.3 Å². The van der Waals surface area contributed by atoms with Gasteiger partial charge in [0.05, 0.1) is 0 Å². The SMILES string of the molecule is CC[C@H](C)NC(=O)[C@H](NC(=O)c1ccc(F)cc1)C1CCN(C(=O)c2ccccc2)CC1. The monoisotopic (exact) mass is 439 g/mol. The van der Waals surface area contributed by atoms with Crippen LogP contribution in [0.3, 0.4) is 0 Å². The van der Waals surface area contributed by atoms with Crippen molar-refractivity contribution >= 4 is 17.7 Å². The topological polar surface area (TPSA) is 78.5 Å². The first-order valence-electron chi connectivity index (χ1n) is 11.1. The summed E-state index contributed by atoms with van der Waals surface area (Å²) in [6.45, 7) is 4.92. The molecular weight excluding hydrogens is 409 g/mol. The summed E-state index contributed by atoms with van der Waals surface area (Å²) in [5.74, 6) is -1.22. The Bertz CT molecular complexity index is 925. The summed E-state index contributed by atoms with van der Waals surface area (Å²) in [5.41, 5.74) is 0.936. The first-order chi connectivity index (χ1) is 15.4. The smallest absolute Gasteiger partial charge is 0.253 e. The van der Waals surface area contributed by atoms with E-state index < -0.39 is 17.8 Å². The predicted octanol–water partition coefficient (Wildman–Crippen LogP) is 3.39. The molecule has 2 atom stereocenters. The van der Waals surface area contributed by atoms with Gasteiger partial charge in [0.2, 0.25) is 5.91 Å². The Morgan fingerprint density at radius 1 is 0.969 bits per heavy atom. The van der Waals surface area contributed by atoms with Crippen molar-refractivity contribution in [1.29, 1.82) is 0 Å². The third-order valence-electron chi connectivity index (χ3n) is 6.00. The van der Waals surface area contributed by atoms with Gasteiger partial charge in [-0.25, -0.2) is 4.39 Å². The molecule has 1 aliphatic rings. The Morgan fingerprint density at radius 2 is 1.59 bits per heavy atom. The van der Waals surface area contributed by atoms with Crippen LogP contribution < -0.4 is 10.6 Å². The number of carbonyl (C=O) groups excluding carboxylic acids is 3. The van der Waals surface area contributed by atoms with Gasteiger partial charge in [-0.2, -0.15) is 0 Å². The number of hydrogen-bond acceptors (Lipinski definition) is 3. The zero-order valence-corrected chi connectivity index (χ0v) is 18.5. The number of amides is 3. The van der Waals surface area contributed by atoms with Crippen LogP contribution in [0.4, 0.5) is 4.39 Å². The molecule has 0 aliphatic carbocycles. The van der Waals surface area contributed by atoms with Crippen molar-refractivity contribution in [2.24, 2.45) is 5.92 Å². The first-order valence-corrected chi connectivity index (χ1v) is 11.1. The molecule has 3 amide bonds. The van der Waals surface area contributed by atoms with Gasteiger partial charge in [-0.1, -0.05) is 25.1 Å². The molecule has 0 radical (unpaired) electrons. The van der Waals surface area contributed by atoms with Gasteiger partial charge in [-0.15, -0.1) is 0 Å². The Morgan fingerprint density at radius 3 is 2.19 bits per heavy atom. The van der Waals surface area contributed by atoms with E-state index in [1.165, 1.54) is 24.3 Å². The summed E-state index contributed by atoms with van der Waals surface area (Å²) in [4.78, 5) is 40.3. The highest BCUT2D eigenvalue weighted by atomic mass is 19.1. The predicted molar refractivity (Wildman–Crippen MR) is 121 cm³/mol. The number of likely N-dealkylation sites (tertiary alicyclic amines) is 1. The Hall–Kier alpha value is -3.22. The standard InChI is InChI=1S/C25H30FN3O3/c1-3-17(2)27-24(31)22(28-23(30)19-9-11-21(26)12-10-19)18-13-15-29(16-14-18)25(32)20-7-5-4-6-8-20/h4-12,17-18,22H,3,13-16H2,1-2H3,(H,27,31)(H,28,30)/t17-,22+/m0/s1. The quantitative estimate of drug-likeness (QED) is 0.694. The summed E-state index contributed by atoms with van der Waals surface area (Å²) in [6, 6.07) is 13.6. The van der Waals surface area contributed by atoms with E-state index in [1.807, 2.05) is 32.0 Å². The minimum atomic E-state index is -0.726. The highest BCUT2D eigenvalue weighted by molar-refractivity contribution is 5.97. The van der Waals surface area contributed by atoms with Crippen molar-refractivity contribution < 1.29 is 18.8 Å². The molecule has 0 bridgehead atoms. The average molecular weight is 440 g/mol. The molecule has 2 N–H and O–H groups in total. The molecule has 0 unspecified atom stereocenters. The van der Waals surface area contributed by atoms with E-state index in [4.69, 9.17) is 0 Å². The molecule has 0 aromatic heterocycles. The van der Waals surface area contributed by atoms with Crippen molar-refractivity contribution in [3.8, 4) is 0 Å². The summed E-state index contributed by atoms with van der Waals surface area (Å²) in [7, 11) is 0. The molecule has 1 fully saturated rings. The Kier molecular flexibility index (Phi) is 7.98. The molecule has 32 heavy (non-hydrogen) atoms. The first kappa shape index (κ1) is 23.4. The van der Waals surface area contributed by atoms with Crippen LogP contribution in [0.2, 0.25) is 0 Å². The largest absolute Gasteiger partial charge is 0.352 e. The molecule has 2 aromatic carbocycles. The maximum Gasteiger partial charge on any atom is 0.253 e. The number of piperidine rings is 1. The summed E-state index contributed by atoms with van der Waals surface area (Å²) in [6.07, 6.45) is 1.97. The molecule has 3 rings (SSSR count). The lowest BCUT2D eigenvalue weighted by atomic mass is 9.88. The van der Waals surface area contributed by atoms with Crippen molar-refractivity contribution in [2.45, 2.75) is 45.2 Å². The van der Waals surface area contributed by atoms with Crippen LogP contribution in [0.25, 0.3) is 0 Å². The van der Waals surface area contributed by atoms with E-state index in [0.717, 1.165) is 6.42 Å². The van der Waals surface area contributed by atoms with Crippen molar-refractivity contribution in [3.05, 3.63) is 71.5 Å². The van der Waals surface area contributed by atoms with Crippen molar-refractivity contribution in [2.75, 3.05) is 13.1 Å². The highest BCUT2D eigenvalue weighted by Gasteiger charge is 2.34. The second-order valence-corrected chi connectivity index (χ2v) is 8.27. The average Bonchev–Trinajstić information content (AvgIpc) is 2.82. The minimum Gasteiger partial charge on any atom is -0.352 e. The molecule has 1 saturated heterocycles. The second-order valence-electron chi connectivity index (χ2n) is 8.27. The van der Waals surface area contributed by atoms with Crippen LogP contribution in [-0.4, -0.2) is 47.8 Å². The lowest BCUT2D eigenvalue weighted by Crippen LogP contribution is -2.55. The van der Waals surface area contributed by atoms with Crippen LogP contribution in [-0.2, 0) is 4.79 Å². The maximum atomic E-state index is 13.2. The van der Waals surface area contributed by atoms with Gasteiger partial charge >= 0.3 is 0 Å². The fraction of sp³-hybridized carbons (Fsp3) is 0.400. The molecule has 6 nitrogen and oxygen atoms in total. The third-order valence-corrected chi connectivity index (χ3v) is 6.00. The Balaban J connectivity index is 1.69. The molecule has 0 spiro atoms. The summed E-state index contributed by atoms with van der Waals surface area (Å²) in [5, 5.41) is 5.81. The van der Waals surface area contributed by atoms with Gasteiger partial charge in [-0.05, 0) is 68.5 Å². The molecule has 1 heterocycles. The molecule has 2 aromatic rings. The Labute approximate surface area is 188 Å². The number of carbonyl (C=O) groups is 3. The van der Waals surface area contributed by atoms with Gasteiger partial charge in [-0.3, -0.25) is 14.4 Å². The van der Waals surface area contributed by atoms with E-state index in [9.17, 15) is 18.8 Å². The van der Waals surface area contributed by atoms with Gasteiger partial charge in [0.1, 0.15) is 11.9 Å². The highest BCUT2D eigenvalue weighted by Crippen LogP contribution is 2.23. The van der Waals surface area contributed by atoms with E-state index in [0.29, 0.717) is 37.1 Å². The normalized spacial score (nSPS) is 16.2. The van der Waals surface area contributed by atoms with E-state index in [1.54, 1.807) is 17.0 Å². The van der Waals surface area contributed by atoms with Crippen LogP contribution >= 0.6 is 0 Å². The fourth-order valence-corrected chi connectivity index (χ4v) is 3.86. The molecule has 7 heteroatoms. The van der Waals surface area contributed by atoms with Gasteiger partial charge in [0.25, 0.3) is 11.8 Å². The maximum absolute atomic E-state index is 13.2. The van der Waals surface area contributed by atoms with Crippen LogP contribution in [0, 0.1) is 11.7 Å². The van der Waals surface area contributed by atoms with Gasteiger partial charge < -0.3 is 15.5 Å². The van der Waals surface area contributed by atoms with Crippen LogP contribution in [0.1, 0.15) is 53.8 Å². The van der Waals surface area contributed by atoms with Crippen molar-refractivity contribution in [1.82, 2.24) is 15.5 Å². The van der Waals surface area contributed by atoms with Crippen molar-refractivity contribution in [3.63, 3.8) is 0 Å². The van der Waals surface area contributed by atoms with E-state index in [-0.39, 0.29) is 23.8 Å². The lowest BCUT2D eigenvalue weighted by molar-refractivity contribution is -0.125. The number of rotatable bonds is 7. The van der Waals surface area contributed by atoms with E-state index in [2.05, 4.69) is 10.6 Å². The molecule has 1 aliphatic heterocycles. The van der Waals surface area contributed by atoms with Crippen LogP contribution in [0.5, 0.6) is 0 Å². The van der Waals surface area contributed by atoms with E-state index >= 15 is 0 Å². The summed E-state index contributed by atoms with van der Waals surface area (Å²) < 4.78 is 13.2. The minimum absolute atomic E-state index is 0.0209. The van der Waals surface area contributed by atoms with Crippen LogP contribution in [0.15, 0.2) is 54.6 Å². The number of halogens is 1. The number of hydrogen-bond donors (Lipinski definition) is 2. The molecular formula is C25H30FN3O3. The number of nitrogens with one attached hydrogen (secondary N) is 2. The third kappa shape index (κ3) is 5.93. The number of nitrogens with zero attached hydrogens (tertiary/aromatic N) is 1. The lowest BCUT2D eigenvalue weighted by Gasteiger charge is -2.36. The molecule has 0 saturated carbocycles. The summed E-state index contributed by atoms with van der Waals surface area (Å²) >= 11 is 0. The molecule has 170 valence electrons. The van der Waals surface area contributed by atoms with Gasteiger partial charge in [0.15, 0.2) is 0 Å². The zero-order valence-electron chi connectivity index (χ0n) is 18.5. The second kappa shape index (κ2) is 10.9. The number of benzene rings is 2.